The predicted molar refractivity (Wildman–Crippen MR) is 83.3 cm³/mol. The molecule has 0 N–H and O–H groups in total. The van der Waals surface area contributed by atoms with Crippen LogP contribution in [-0.4, -0.2) is 19.2 Å². The van der Waals surface area contributed by atoms with Crippen molar-refractivity contribution >= 4 is 5.69 Å². The summed E-state index contributed by atoms with van der Waals surface area (Å²) in [6.07, 6.45) is 3.53. The highest BCUT2D eigenvalue weighted by atomic mass is 16.5. The smallest absolute Gasteiger partial charge is 0.158 e. The van der Waals surface area contributed by atoms with Crippen LogP contribution in [0.2, 0.25) is 0 Å². The highest BCUT2D eigenvalue weighted by molar-refractivity contribution is 5.66. The van der Waals surface area contributed by atoms with E-state index < -0.39 is 0 Å². The number of hydrogen-bond donors (Lipinski definition) is 0. The molecule has 2 aliphatic rings. The van der Waals surface area contributed by atoms with E-state index in [1.807, 2.05) is 0 Å². The summed E-state index contributed by atoms with van der Waals surface area (Å²) in [6, 6.07) is 6.83. The predicted octanol–water partition coefficient (Wildman–Crippen LogP) is 3.84. The van der Waals surface area contributed by atoms with Crippen LogP contribution in [0.1, 0.15) is 45.6 Å². The Morgan fingerprint density at radius 2 is 2.10 bits per heavy atom. The standard InChI is InChI=1S/C18H23NO/c1-14(2)19-12-5-13-20-17-15(6-4-7-16(17)19)8-9-18(3)10-11-18/h4,6-7,14H,5,10-13H2,1-3H3. The Balaban J connectivity index is 2.00. The number of para-hydroxylation sites is 1. The highest BCUT2D eigenvalue weighted by Crippen LogP contribution is 2.44. The molecule has 1 saturated carbocycles. The van der Waals surface area contributed by atoms with Crippen molar-refractivity contribution in [2.75, 3.05) is 18.1 Å². The van der Waals surface area contributed by atoms with Crippen LogP contribution < -0.4 is 9.64 Å². The summed E-state index contributed by atoms with van der Waals surface area (Å²) in [6.45, 7) is 8.55. The second-order valence-corrected chi connectivity index (χ2v) is 6.45. The lowest BCUT2D eigenvalue weighted by atomic mass is 10.1. The molecular formula is C18H23NO. The van der Waals surface area contributed by atoms with Gasteiger partial charge in [-0.2, -0.15) is 0 Å². The minimum absolute atomic E-state index is 0.255. The molecule has 0 radical (unpaired) electrons. The van der Waals surface area contributed by atoms with Crippen LogP contribution in [0, 0.1) is 17.3 Å². The molecule has 1 fully saturated rings. The fourth-order valence-electron chi connectivity index (χ4n) is 2.60. The lowest BCUT2D eigenvalue weighted by Crippen LogP contribution is -2.31. The molecule has 20 heavy (non-hydrogen) atoms. The zero-order chi connectivity index (χ0) is 14.2. The van der Waals surface area contributed by atoms with Crippen LogP contribution in [0.4, 0.5) is 5.69 Å². The summed E-state index contributed by atoms with van der Waals surface area (Å²) in [4.78, 5) is 2.42. The van der Waals surface area contributed by atoms with Crippen molar-refractivity contribution in [3.63, 3.8) is 0 Å². The van der Waals surface area contributed by atoms with Gasteiger partial charge in [0.15, 0.2) is 5.75 Å². The average Bonchev–Trinajstić information content (AvgIpc) is 3.18. The average molecular weight is 269 g/mol. The SMILES string of the molecule is CC(C)N1CCCOc2c(C#CC3(C)CC3)cccc21. The number of fused-ring (bicyclic) bond motifs is 1. The van der Waals surface area contributed by atoms with Gasteiger partial charge in [0.1, 0.15) is 0 Å². The number of benzene rings is 1. The molecule has 0 spiro atoms. The van der Waals surface area contributed by atoms with Crippen molar-refractivity contribution < 1.29 is 4.74 Å². The van der Waals surface area contributed by atoms with Gasteiger partial charge in [-0.15, -0.1) is 0 Å². The van der Waals surface area contributed by atoms with E-state index in [1.165, 1.54) is 18.5 Å². The minimum Gasteiger partial charge on any atom is -0.490 e. The summed E-state index contributed by atoms with van der Waals surface area (Å²) in [5.74, 6) is 7.76. The summed E-state index contributed by atoms with van der Waals surface area (Å²) >= 11 is 0. The van der Waals surface area contributed by atoms with Crippen LogP contribution in [-0.2, 0) is 0 Å². The van der Waals surface area contributed by atoms with Gasteiger partial charge in [0.2, 0.25) is 0 Å². The Bertz CT molecular complexity index is 561. The maximum atomic E-state index is 6.00. The van der Waals surface area contributed by atoms with Crippen molar-refractivity contribution in [3.05, 3.63) is 23.8 Å². The monoisotopic (exact) mass is 269 g/mol. The quantitative estimate of drug-likeness (QED) is 0.718. The van der Waals surface area contributed by atoms with E-state index in [0.717, 1.165) is 30.9 Å². The second kappa shape index (κ2) is 5.05. The first kappa shape index (κ1) is 13.4. The van der Waals surface area contributed by atoms with E-state index in [1.54, 1.807) is 0 Å². The van der Waals surface area contributed by atoms with Gasteiger partial charge in [0, 0.05) is 18.0 Å². The summed E-state index contributed by atoms with van der Waals surface area (Å²) in [5.41, 5.74) is 2.50. The summed E-state index contributed by atoms with van der Waals surface area (Å²) < 4.78 is 6.00. The fourth-order valence-corrected chi connectivity index (χ4v) is 2.60. The summed E-state index contributed by atoms with van der Waals surface area (Å²) in [7, 11) is 0. The van der Waals surface area contributed by atoms with Gasteiger partial charge in [0.05, 0.1) is 17.9 Å². The van der Waals surface area contributed by atoms with E-state index >= 15 is 0 Å². The zero-order valence-corrected chi connectivity index (χ0v) is 12.7. The van der Waals surface area contributed by atoms with Gasteiger partial charge in [-0.1, -0.05) is 17.9 Å². The number of anilines is 1. The second-order valence-electron chi connectivity index (χ2n) is 6.45. The molecule has 0 aromatic heterocycles. The van der Waals surface area contributed by atoms with E-state index in [2.05, 4.69) is 55.7 Å². The van der Waals surface area contributed by atoms with Crippen LogP contribution in [0.15, 0.2) is 18.2 Å². The van der Waals surface area contributed by atoms with E-state index in [9.17, 15) is 0 Å². The molecule has 0 bridgehead atoms. The van der Waals surface area contributed by atoms with Crippen molar-refractivity contribution in [2.24, 2.45) is 5.41 Å². The molecular weight excluding hydrogens is 246 g/mol. The number of rotatable bonds is 1. The zero-order valence-electron chi connectivity index (χ0n) is 12.7. The molecule has 0 amide bonds. The van der Waals surface area contributed by atoms with Crippen molar-refractivity contribution in [2.45, 2.75) is 46.1 Å². The topological polar surface area (TPSA) is 12.5 Å². The first-order valence-corrected chi connectivity index (χ1v) is 7.65. The molecule has 0 saturated heterocycles. The maximum Gasteiger partial charge on any atom is 0.158 e. The molecule has 3 rings (SSSR count). The Morgan fingerprint density at radius 1 is 1.30 bits per heavy atom. The third-order valence-electron chi connectivity index (χ3n) is 4.22. The number of hydrogen-bond acceptors (Lipinski definition) is 2. The maximum absolute atomic E-state index is 6.00. The van der Waals surface area contributed by atoms with Gasteiger partial charge >= 0.3 is 0 Å². The first-order chi connectivity index (χ1) is 9.59. The van der Waals surface area contributed by atoms with Crippen LogP contribution in [0.25, 0.3) is 0 Å². The molecule has 2 nitrogen and oxygen atoms in total. The fraction of sp³-hybridized carbons (Fsp3) is 0.556. The van der Waals surface area contributed by atoms with Crippen LogP contribution >= 0.6 is 0 Å². The Hall–Kier alpha value is -1.62. The molecule has 1 aromatic rings. The van der Waals surface area contributed by atoms with E-state index in [-0.39, 0.29) is 5.41 Å². The minimum atomic E-state index is 0.255. The Labute approximate surface area is 122 Å². The van der Waals surface area contributed by atoms with Crippen LogP contribution in [0.3, 0.4) is 0 Å². The van der Waals surface area contributed by atoms with Crippen LogP contribution in [0.5, 0.6) is 5.75 Å². The normalized spacial score (nSPS) is 19.5. The van der Waals surface area contributed by atoms with E-state index in [4.69, 9.17) is 4.74 Å². The van der Waals surface area contributed by atoms with Gasteiger partial charge < -0.3 is 9.64 Å². The molecule has 1 heterocycles. The highest BCUT2D eigenvalue weighted by Gasteiger charge is 2.35. The first-order valence-electron chi connectivity index (χ1n) is 7.65. The van der Waals surface area contributed by atoms with Crippen molar-refractivity contribution in [1.29, 1.82) is 0 Å². The summed E-state index contributed by atoms with van der Waals surface area (Å²) in [5, 5.41) is 0. The molecule has 106 valence electrons. The van der Waals surface area contributed by atoms with Gasteiger partial charge in [-0.25, -0.2) is 0 Å². The lowest BCUT2D eigenvalue weighted by molar-refractivity contribution is 0.321. The third kappa shape index (κ3) is 2.63. The van der Waals surface area contributed by atoms with Crippen molar-refractivity contribution in [3.8, 4) is 17.6 Å². The molecule has 1 aliphatic carbocycles. The molecule has 0 atom stereocenters. The number of nitrogens with zero attached hydrogens (tertiary/aromatic N) is 1. The molecule has 1 aromatic carbocycles. The van der Waals surface area contributed by atoms with Gasteiger partial charge in [-0.05, 0) is 52.2 Å². The number of ether oxygens (including phenoxy) is 1. The Morgan fingerprint density at radius 3 is 2.80 bits per heavy atom. The largest absolute Gasteiger partial charge is 0.490 e. The molecule has 1 aliphatic heterocycles. The third-order valence-corrected chi connectivity index (χ3v) is 4.22. The molecule has 0 unspecified atom stereocenters. The van der Waals surface area contributed by atoms with Gasteiger partial charge in [-0.3, -0.25) is 0 Å². The van der Waals surface area contributed by atoms with Gasteiger partial charge in [0.25, 0.3) is 0 Å². The molecule has 2 heteroatoms. The van der Waals surface area contributed by atoms with E-state index in [0.29, 0.717) is 6.04 Å². The van der Waals surface area contributed by atoms with Crippen molar-refractivity contribution in [1.82, 2.24) is 0 Å². The lowest BCUT2D eigenvalue weighted by Gasteiger charge is -2.28. The Kier molecular flexibility index (Phi) is 3.38.